The molecule has 4 nitrogen and oxygen atoms in total. The maximum atomic E-state index is 11.8. The first-order valence-electron chi connectivity index (χ1n) is 6.34. The summed E-state index contributed by atoms with van der Waals surface area (Å²) in [6, 6.07) is 6.91. The third-order valence-corrected chi connectivity index (χ3v) is 3.13. The van der Waals surface area contributed by atoms with Crippen LogP contribution in [0.4, 0.5) is 5.69 Å². The summed E-state index contributed by atoms with van der Waals surface area (Å²) >= 11 is 0. The third kappa shape index (κ3) is 4.25. The first-order chi connectivity index (χ1) is 9.04. The molecular weight excluding hydrogens is 242 g/mol. The van der Waals surface area contributed by atoms with Gasteiger partial charge in [-0.1, -0.05) is 17.7 Å². The molecule has 1 aromatic carbocycles. The maximum absolute atomic E-state index is 11.8. The third-order valence-electron chi connectivity index (χ3n) is 3.13. The van der Waals surface area contributed by atoms with Crippen LogP contribution in [0, 0.1) is 5.92 Å². The molecule has 2 N–H and O–H groups in total. The SMILES string of the molecule is C/C(=C/C(=O)Nc1cccc(CC(=O)O)c1)C1CC1. The molecule has 0 spiro atoms. The summed E-state index contributed by atoms with van der Waals surface area (Å²) < 4.78 is 0. The zero-order chi connectivity index (χ0) is 13.8. The van der Waals surface area contributed by atoms with E-state index in [0.717, 1.165) is 5.57 Å². The van der Waals surface area contributed by atoms with Crippen LogP contribution < -0.4 is 5.32 Å². The highest BCUT2D eigenvalue weighted by molar-refractivity contribution is 5.99. The molecule has 0 aliphatic heterocycles. The summed E-state index contributed by atoms with van der Waals surface area (Å²) in [5.74, 6) is -0.464. The Hall–Kier alpha value is -2.10. The highest BCUT2D eigenvalue weighted by Crippen LogP contribution is 2.35. The van der Waals surface area contributed by atoms with Gasteiger partial charge in [0, 0.05) is 11.8 Å². The van der Waals surface area contributed by atoms with Gasteiger partial charge in [0.1, 0.15) is 0 Å². The number of anilines is 1. The van der Waals surface area contributed by atoms with Crippen LogP contribution in [0.3, 0.4) is 0 Å². The van der Waals surface area contributed by atoms with Crippen LogP contribution in [0.5, 0.6) is 0 Å². The minimum Gasteiger partial charge on any atom is -0.481 e. The number of hydrogen-bond acceptors (Lipinski definition) is 2. The van der Waals surface area contributed by atoms with E-state index in [1.165, 1.54) is 12.8 Å². The number of carboxylic acid groups (broad SMARTS) is 1. The first kappa shape index (κ1) is 13.3. The van der Waals surface area contributed by atoms with Crippen molar-refractivity contribution < 1.29 is 14.7 Å². The smallest absolute Gasteiger partial charge is 0.307 e. The molecule has 1 amide bonds. The Bertz CT molecular complexity index is 530. The quantitative estimate of drug-likeness (QED) is 0.799. The van der Waals surface area contributed by atoms with Crippen LogP contribution >= 0.6 is 0 Å². The van der Waals surface area contributed by atoms with E-state index in [0.29, 0.717) is 17.2 Å². The van der Waals surface area contributed by atoms with Gasteiger partial charge in [0.25, 0.3) is 0 Å². The number of rotatable bonds is 5. The number of aliphatic carboxylic acids is 1. The molecule has 0 unspecified atom stereocenters. The van der Waals surface area contributed by atoms with Crippen LogP contribution in [0.15, 0.2) is 35.9 Å². The molecule has 2 rings (SSSR count). The number of carboxylic acids is 1. The van der Waals surface area contributed by atoms with Gasteiger partial charge in [0.05, 0.1) is 6.42 Å². The topological polar surface area (TPSA) is 66.4 Å². The van der Waals surface area contributed by atoms with Crippen molar-refractivity contribution >= 4 is 17.6 Å². The predicted octanol–water partition coefficient (Wildman–Crippen LogP) is 2.61. The number of carbonyl (C=O) groups is 2. The van der Waals surface area contributed by atoms with Crippen molar-refractivity contribution in [2.75, 3.05) is 5.32 Å². The molecule has 4 heteroatoms. The van der Waals surface area contributed by atoms with Gasteiger partial charge >= 0.3 is 5.97 Å². The van der Waals surface area contributed by atoms with E-state index in [9.17, 15) is 9.59 Å². The number of nitrogens with one attached hydrogen (secondary N) is 1. The lowest BCUT2D eigenvalue weighted by atomic mass is 10.1. The van der Waals surface area contributed by atoms with Crippen molar-refractivity contribution in [3.63, 3.8) is 0 Å². The van der Waals surface area contributed by atoms with Gasteiger partial charge in [-0.15, -0.1) is 0 Å². The average molecular weight is 259 g/mol. The molecule has 1 aromatic rings. The Morgan fingerprint density at radius 3 is 2.79 bits per heavy atom. The monoisotopic (exact) mass is 259 g/mol. The number of carbonyl (C=O) groups excluding carboxylic acids is 1. The molecule has 0 bridgehead atoms. The average Bonchev–Trinajstić information content (AvgIpc) is 3.11. The lowest BCUT2D eigenvalue weighted by molar-refractivity contribution is -0.136. The minimum absolute atomic E-state index is 0.0410. The van der Waals surface area contributed by atoms with Crippen molar-refractivity contribution in [1.29, 1.82) is 0 Å². The number of hydrogen-bond donors (Lipinski definition) is 2. The summed E-state index contributed by atoms with van der Waals surface area (Å²) in [6.45, 7) is 1.97. The molecule has 100 valence electrons. The Kier molecular flexibility index (Phi) is 4.00. The van der Waals surface area contributed by atoms with Crippen LogP contribution in [0.25, 0.3) is 0 Å². The van der Waals surface area contributed by atoms with E-state index in [2.05, 4.69) is 5.32 Å². The summed E-state index contributed by atoms with van der Waals surface area (Å²) in [4.78, 5) is 22.4. The van der Waals surface area contributed by atoms with E-state index < -0.39 is 5.97 Å². The Labute approximate surface area is 112 Å². The molecule has 0 saturated heterocycles. The van der Waals surface area contributed by atoms with E-state index in [-0.39, 0.29) is 12.3 Å². The van der Waals surface area contributed by atoms with Crippen LogP contribution in [-0.4, -0.2) is 17.0 Å². The molecule has 1 aliphatic carbocycles. The van der Waals surface area contributed by atoms with Crippen molar-refractivity contribution in [3.8, 4) is 0 Å². The molecule has 0 radical (unpaired) electrons. The fraction of sp³-hybridized carbons (Fsp3) is 0.333. The Morgan fingerprint density at radius 2 is 2.16 bits per heavy atom. The molecule has 1 aliphatic rings. The normalized spacial score (nSPS) is 15.1. The second-order valence-electron chi connectivity index (χ2n) is 4.92. The second kappa shape index (κ2) is 5.69. The molecule has 1 saturated carbocycles. The van der Waals surface area contributed by atoms with E-state index in [1.807, 2.05) is 6.92 Å². The van der Waals surface area contributed by atoms with Crippen molar-refractivity contribution in [2.45, 2.75) is 26.2 Å². The summed E-state index contributed by atoms with van der Waals surface area (Å²) in [7, 11) is 0. The van der Waals surface area contributed by atoms with Gasteiger partial charge in [0.15, 0.2) is 0 Å². The minimum atomic E-state index is -0.882. The van der Waals surface area contributed by atoms with E-state index in [1.54, 1.807) is 30.3 Å². The fourth-order valence-corrected chi connectivity index (χ4v) is 1.98. The predicted molar refractivity (Wildman–Crippen MR) is 72.9 cm³/mol. The summed E-state index contributed by atoms with van der Waals surface area (Å²) in [5.41, 5.74) is 2.41. The van der Waals surface area contributed by atoms with Crippen molar-refractivity contribution in [3.05, 3.63) is 41.5 Å². The van der Waals surface area contributed by atoms with Crippen LogP contribution in [-0.2, 0) is 16.0 Å². The summed E-state index contributed by atoms with van der Waals surface area (Å²) in [6.07, 6.45) is 3.93. The molecule has 19 heavy (non-hydrogen) atoms. The van der Waals surface area contributed by atoms with Crippen molar-refractivity contribution in [2.24, 2.45) is 5.92 Å². The molecule has 0 heterocycles. The van der Waals surface area contributed by atoms with E-state index >= 15 is 0 Å². The van der Waals surface area contributed by atoms with Gasteiger partial charge in [-0.25, -0.2) is 0 Å². The zero-order valence-corrected chi connectivity index (χ0v) is 10.8. The second-order valence-corrected chi connectivity index (χ2v) is 4.92. The highest BCUT2D eigenvalue weighted by Gasteiger charge is 2.23. The zero-order valence-electron chi connectivity index (χ0n) is 10.8. The van der Waals surface area contributed by atoms with Gasteiger partial charge < -0.3 is 10.4 Å². The summed E-state index contributed by atoms with van der Waals surface area (Å²) in [5, 5.41) is 11.5. The number of benzene rings is 1. The molecular formula is C15H17NO3. The van der Waals surface area contributed by atoms with Gasteiger partial charge in [-0.2, -0.15) is 0 Å². The molecule has 0 atom stereocenters. The lowest BCUT2D eigenvalue weighted by Gasteiger charge is -2.05. The van der Waals surface area contributed by atoms with Crippen molar-refractivity contribution in [1.82, 2.24) is 0 Å². The van der Waals surface area contributed by atoms with Gasteiger partial charge in [-0.3, -0.25) is 9.59 Å². The molecule has 0 aromatic heterocycles. The highest BCUT2D eigenvalue weighted by atomic mass is 16.4. The Balaban J connectivity index is 2.00. The lowest BCUT2D eigenvalue weighted by Crippen LogP contribution is -2.09. The van der Waals surface area contributed by atoms with E-state index in [4.69, 9.17) is 5.11 Å². The first-order valence-corrected chi connectivity index (χ1v) is 6.34. The number of amides is 1. The van der Waals surface area contributed by atoms with Crippen LogP contribution in [0.2, 0.25) is 0 Å². The Morgan fingerprint density at radius 1 is 1.42 bits per heavy atom. The number of allylic oxidation sites excluding steroid dienone is 1. The standard InChI is InChI=1S/C15H17NO3/c1-10(12-5-6-12)7-14(17)16-13-4-2-3-11(8-13)9-15(18)19/h2-4,7-8,12H,5-6,9H2,1H3,(H,16,17)(H,18,19)/b10-7-. The van der Waals surface area contributed by atoms with Gasteiger partial charge in [-0.05, 0) is 43.4 Å². The van der Waals surface area contributed by atoms with Gasteiger partial charge in [0.2, 0.25) is 5.91 Å². The largest absolute Gasteiger partial charge is 0.481 e. The maximum Gasteiger partial charge on any atom is 0.307 e. The molecule has 1 fully saturated rings. The fourth-order valence-electron chi connectivity index (χ4n) is 1.98. The van der Waals surface area contributed by atoms with Crippen LogP contribution in [0.1, 0.15) is 25.3 Å².